The van der Waals surface area contributed by atoms with Gasteiger partial charge < -0.3 is 20.1 Å². The number of methoxy groups -OCH3 is 1. The summed E-state index contributed by atoms with van der Waals surface area (Å²) in [6, 6.07) is 18.1. The van der Waals surface area contributed by atoms with Gasteiger partial charge in [0.25, 0.3) is 5.91 Å². The topological polar surface area (TPSA) is 101 Å². The van der Waals surface area contributed by atoms with Crippen molar-refractivity contribution in [1.29, 1.82) is 0 Å². The van der Waals surface area contributed by atoms with Crippen molar-refractivity contribution < 1.29 is 19.1 Å². The number of nitrogens with zero attached hydrogens (tertiary/aromatic N) is 1. The number of ether oxygens (including phenoxy) is 2. The Morgan fingerprint density at radius 3 is 2.42 bits per heavy atom. The van der Waals surface area contributed by atoms with E-state index in [1.807, 2.05) is 6.92 Å². The summed E-state index contributed by atoms with van der Waals surface area (Å²) in [5.41, 5.74) is 4.69. The first-order chi connectivity index (χ1) is 16.0. The Hall–Kier alpha value is -4.04. The van der Waals surface area contributed by atoms with E-state index in [1.54, 1.807) is 73.8 Å². The normalized spacial score (nSPS) is 10.5. The molecule has 0 saturated heterocycles. The number of carbonyl (C=O) groups is 2. The third-order valence-corrected chi connectivity index (χ3v) is 4.59. The molecule has 0 saturated carbocycles. The number of carbonyl (C=O) groups excluding carboxylic acids is 2. The molecule has 0 aromatic heterocycles. The van der Waals surface area contributed by atoms with E-state index >= 15 is 0 Å². The van der Waals surface area contributed by atoms with Crippen molar-refractivity contribution in [3.63, 3.8) is 0 Å². The van der Waals surface area contributed by atoms with E-state index in [-0.39, 0.29) is 5.91 Å². The van der Waals surface area contributed by atoms with Crippen LogP contribution in [0.15, 0.2) is 71.8 Å². The molecule has 0 aliphatic heterocycles. The highest BCUT2D eigenvalue weighted by molar-refractivity contribution is 6.30. The van der Waals surface area contributed by atoms with Crippen molar-refractivity contribution in [2.75, 3.05) is 24.4 Å². The zero-order valence-electron chi connectivity index (χ0n) is 18.1. The zero-order chi connectivity index (χ0) is 23.6. The summed E-state index contributed by atoms with van der Waals surface area (Å²) in [7, 11) is 1.56. The molecule has 0 aliphatic rings. The molecular formula is C24H23ClN4O4. The van der Waals surface area contributed by atoms with E-state index in [9.17, 15) is 9.59 Å². The van der Waals surface area contributed by atoms with Crippen LogP contribution in [0.5, 0.6) is 11.5 Å². The highest BCUT2D eigenvalue weighted by atomic mass is 35.5. The second-order valence-electron chi connectivity index (χ2n) is 6.71. The smallest absolute Gasteiger partial charge is 0.323 e. The van der Waals surface area contributed by atoms with Crippen LogP contribution in [0.1, 0.15) is 22.8 Å². The maximum absolute atomic E-state index is 12.3. The standard InChI is InChI=1S/C24H23ClN4O4/c1-3-33-21-12-7-16(13-22(21)32-2)15-26-29-23(30)17-8-10-19(11-9-17)27-24(31)28-20-6-4-5-18(25)14-20/h4-15H,3H2,1-2H3,(H,29,30)(H2,27,28,31). The van der Waals surface area contributed by atoms with Crippen LogP contribution in [-0.2, 0) is 0 Å². The van der Waals surface area contributed by atoms with Gasteiger partial charge in [-0.3, -0.25) is 4.79 Å². The number of benzene rings is 3. The molecule has 0 atom stereocenters. The molecule has 3 amide bonds. The van der Waals surface area contributed by atoms with Gasteiger partial charge in [-0.25, -0.2) is 10.2 Å². The van der Waals surface area contributed by atoms with Crippen LogP contribution in [-0.4, -0.2) is 31.9 Å². The van der Waals surface area contributed by atoms with Gasteiger partial charge in [0.1, 0.15) is 0 Å². The van der Waals surface area contributed by atoms with Gasteiger partial charge in [0, 0.05) is 22.0 Å². The van der Waals surface area contributed by atoms with Gasteiger partial charge in [-0.15, -0.1) is 0 Å². The molecule has 33 heavy (non-hydrogen) atoms. The minimum atomic E-state index is -0.426. The molecule has 170 valence electrons. The minimum Gasteiger partial charge on any atom is -0.493 e. The Morgan fingerprint density at radius 2 is 1.73 bits per heavy atom. The van der Waals surface area contributed by atoms with Crippen LogP contribution < -0.4 is 25.5 Å². The van der Waals surface area contributed by atoms with E-state index in [4.69, 9.17) is 21.1 Å². The van der Waals surface area contributed by atoms with Crippen molar-refractivity contribution in [2.24, 2.45) is 5.10 Å². The van der Waals surface area contributed by atoms with Crippen LogP contribution in [0.4, 0.5) is 16.2 Å². The fourth-order valence-electron chi connectivity index (χ4n) is 2.83. The number of hydrogen-bond donors (Lipinski definition) is 3. The van der Waals surface area contributed by atoms with E-state index in [1.165, 1.54) is 6.21 Å². The van der Waals surface area contributed by atoms with Gasteiger partial charge in [-0.1, -0.05) is 17.7 Å². The molecule has 0 fully saturated rings. The number of halogens is 1. The Bertz CT molecular complexity index is 1150. The van der Waals surface area contributed by atoms with E-state index in [0.29, 0.717) is 40.1 Å². The quantitative estimate of drug-likeness (QED) is 0.315. The third-order valence-electron chi connectivity index (χ3n) is 4.35. The van der Waals surface area contributed by atoms with Crippen molar-refractivity contribution in [1.82, 2.24) is 5.43 Å². The monoisotopic (exact) mass is 466 g/mol. The molecule has 3 aromatic rings. The SMILES string of the molecule is CCOc1ccc(C=NNC(=O)c2ccc(NC(=O)Nc3cccc(Cl)c3)cc2)cc1OC. The Balaban J connectivity index is 1.54. The van der Waals surface area contributed by atoms with Crippen LogP contribution in [0.3, 0.4) is 0 Å². The summed E-state index contributed by atoms with van der Waals surface area (Å²) in [5, 5.41) is 9.87. The van der Waals surface area contributed by atoms with Crippen LogP contribution in [0.2, 0.25) is 5.02 Å². The van der Waals surface area contributed by atoms with Crippen molar-refractivity contribution in [3.05, 3.63) is 82.9 Å². The highest BCUT2D eigenvalue weighted by Crippen LogP contribution is 2.27. The molecule has 8 nitrogen and oxygen atoms in total. The predicted octanol–water partition coefficient (Wildman–Crippen LogP) is 5.16. The largest absolute Gasteiger partial charge is 0.493 e. The second kappa shape index (κ2) is 11.5. The maximum Gasteiger partial charge on any atom is 0.323 e. The molecule has 0 heterocycles. The lowest BCUT2D eigenvalue weighted by molar-refractivity contribution is 0.0955. The molecule has 3 N–H and O–H groups in total. The summed E-state index contributed by atoms with van der Waals surface area (Å²) >= 11 is 5.91. The number of hydrogen-bond acceptors (Lipinski definition) is 5. The zero-order valence-corrected chi connectivity index (χ0v) is 18.8. The summed E-state index contributed by atoms with van der Waals surface area (Å²) < 4.78 is 10.8. The first-order valence-corrected chi connectivity index (χ1v) is 10.4. The second-order valence-corrected chi connectivity index (χ2v) is 7.15. The molecule has 0 bridgehead atoms. The van der Waals surface area contributed by atoms with Gasteiger partial charge in [-0.2, -0.15) is 5.10 Å². The van der Waals surface area contributed by atoms with Gasteiger partial charge in [-0.05, 0) is 73.2 Å². The lowest BCUT2D eigenvalue weighted by Crippen LogP contribution is -2.20. The molecule has 0 aliphatic carbocycles. The number of rotatable bonds is 8. The maximum atomic E-state index is 12.3. The van der Waals surface area contributed by atoms with Crippen molar-refractivity contribution in [3.8, 4) is 11.5 Å². The number of hydrazone groups is 1. The number of urea groups is 1. The van der Waals surface area contributed by atoms with Gasteiger partial charge in [0.15, 0.2) is 11.5 Å². The Kier molecular flexibility index (Phi) is 8.26. The van der Waals surface area contributed by atoms with Crippen molar-refractivity contribution >= 4 is 41.1 Å². The van der Waals surface area contributed by atoms with Crippen LogP contribution in [0, 0.1) is 0 Å². The number of nitrogens with one attached hydrogen (secondary N) is 3. The molecule has 0 radical (unpaired) electrons. The molecular weight excluding hydrogens is 444 g/mol. The number of amides is 3. The van der Waals surface area contributed by atoms with Crippen molar-refractivity contribution in [2.45, 2.75) is 6.92 Å². The first kappa shape index (κ1) is 23.6. The fraction of sp³-hybridized carbons (Fsp3) is 0.125. The molecule has 0 spiro atoms. The Labute approximate surface area is 196 Å². The van der Waals surface area contributed by atoms with Gasteiger partial charge in [0.05, 0.1) is 19.9 Å². The van der Waals surface area contributed by atoms with Crippen LogP contribution >= 0.6 is 11.6 Å². The third kappa shape index (κ3) is 6.98. The summed E-state index contributed by atoms with van der Waals surface area (Å²) in [6.45, 7) is 2.42. The highest BCUT2D eigenvalue weighted by Gasteiger charge is 2.07. The lowest BCUT2D eigenvalue weighted by atomic mass is 10.2. The van der Waals surface area contributed by atoms with Crippen LogP contribution in [0.25, 0.3) is 0 Å². The molecule has 3 rings (SSSR count). The molecule has 9 heteroatoms. The lowest BCUT2D eigenvalue weighted by Gasteiger charge is -2.09. The van der Waals surface area contributed by atoms with E-state index in [2.05, 4.69) is 21.2 Å². The molecule has 3 aromatic carbocycles. The Morgan fingerprint density at radius 1 is 0.970 bits per heavy atom. The number of anilines is 2. The predicted molar refractivity (Wildman–Crippen MR) is 130 cm³/mol. The molecule has 0 unspecified atom stereocenters. The van der Waals surface area contributed by atoms with E-state index in [0.717, 1.165) is 5.56 Å². The van der Waals surface area contributed by atoms with E-state index < -0.39 is 6.03 Å². The fourth-order valence-corrected chi connectivity index (χ4v) is 3.02. The summed E-state index contributed by atoms with van der Waals surface area (Å²) in [4.78, 5) is 24.4. The van der Waals surface area contributed by atoms with Gasteiger partial charge in [0.2, 0.25) is 0 Å². The van der Waals surface area contributed by atoms with Gasteiger partial charge >= 0.3 is 6.03 Å². The minimum absolute atomic E-state index is 0.386. The summed E-state index contributed by atoms with van der Waals surface area (Å²) in [5.74, 6) is 0.824. The average Bonchev–Trinajstić information content (AvgIpc) is 2.80. The average molecular weight is 467 g/mol. The summed E-state index contributed by atoms with van der Waals surface area (Å²) in [6.07, 6.45) is 1.51. The first-order valence-electron chi connectivity index (χ1n) is 10.1.